The van der Waals surface area contributed by atoms with Gasteiger partial charge in [0.1, 0.15) is 0 Å². The molecule has 0 aliphatic rings. The van der Waals surface area contributed by atoms with Crippen LogP contribution in [-0.2, 0) is 10.3 Å². The fraction of sp³-hybridized carbons (Fsp3) is 0.417. The van der Waals surface area contributed by atoms with E-state index in [0.717, 1.165) is 5.56 Å². The Bertz CT molecular complexity index is 342. The molecular formula is C12H16BrNO2. The van der Waals surface area contributed by atoms with Gasteiger partial charge in [-0.25, -0.2) is 0 Å². The van der Waals surface area contributed by atoms with Crippen molar-refractivity contribution in [1.82, 2.24) is 5.32 Å². The highest BCUT2D eigenvalue weighted by Crippen LogP contribution is 2.19. The number of hydrogen-bond donors (Lipinski definition) is 2. The lowest BCUT2D eigenvalue weighted by atomic mass is 9.93. The lowest BCUT2D eigenvalue weighted by Crippen LogP contribution is -2.46. The molecule has 0 saturated heterocycles. The number of carbonyl (C=O) groups excluding carboxylic acids is 1. The zero-order valence-corrected chi connectivity index (χ0v) is 10.8. The normalized spacial score (nSPS) is 14.2. The average Bonchev–Trinajstić information content (AvgIpc) is 2.30. The van der Waals surface area contributed by atoms with Crippen LogP contribution in [0.4, 0.5) is 0 Å². The molecule has 1 rings (SSSR count). The van der Waals surface area contributed by atoms with E-state index in [4.69, 9.17) is 0 Å². The fourth-order valence-electron chi connectivity index (χ4n) is 1.47. The van der Waals surface area contributed by atoms with Crippen molar-refractivity contribution in [3.63, 3.8) is 0 Å². The topological polar surface area (TPSA) is 49.3 Å². The van der Waals surface area contributed by atoms with E-state index in [9.17, 15) is 9.90 Å². The standard InChI is InChI=1S/C12H16BrNO2/c1-12(9-15,14-11(16)7-8-13)10-5-3-2-4-6-10/h2-6,15H,7-9H2,1H3,(H,14,16). The Labute approximate surface area is 104 Å². The van der Waals surface area contributed by atoms with Crippen molar-refractivity contribution in [2.75, 3.05) is 11.9 Å². The van der Waals surface area contributed by atoms with Gasteiger partial charge in [0.25, 0.3) is 0 Å². The van der Waals surface area contributed by atoms with Gasteiger partial charge in [-0.05, 0) is 12.5 Å². The van der Waals surface area contributed by atoms with Crippen LogP contribution in [0.2, 0.25) is 0 Å². The maximum atomic E-state index is 11.5. The molecule has 2 N–H and O–H groups in total. The zero-order valence-electron chi connectivity index (χ0n) is 9.24. The van der Waals surface area contributed by atoms with Crippen LogP contribution in [0.1, 0.15) is 18.9 Å². The van der Waals surface area contributed by atoms with Crippen LogP contribution in [0, 0.1) is 0 Å². The van der Waals surface area contributed by atoms with Crippen LogP contribution in [0.25, 0.3) is 0 Å². The highest BCUT2D eigenvalue weighted by Gasteiger charge is 2.27. The van der Waals surface area contributed by atoms with Gasteiger partial charge in [0.05, 0.1) is 12.1 Å². The summed E-state index contributed by atoms with van der Waals surface area (Å²) in [4.78, 5) is 11.5. The summed E-state index contributed by atoms with van der Waals surface area (Å²) in [7, 11) is 0. The first-order valence-electron chi connectivity index (χ1n) is 5.16. The average molecular weight is 286 g/mol. The van der Waals surface area contributed by atoms with E-state index >= 15 is 0 Å². The Hall–Kier alpha value is -0.870. The molecular weight excluding hydrogens is 270 g/mol. The van der Waals surface area contributed by atoms with Crippen LogP contribution >= 0.6 is 15.9 Å². The molecule has 0 spiro atoms. The Balaban J connectivity index is 2.82. The van der Waals surface area contributed by atoms with E-state index in [1.54, 1.807) is 0 Å². The number of aliphatic hydroxyl groups excluding tert-OH is 1. The first-order valence-corrected chi connectivity index (χ1v) is 6.28. The first kappa shape index (κ1) is 13.2. The molecule has 1 unspecified atom stereocenters. The van der Waals surface area contributed by atoms with Crippen molar-refractivity contribution in [2.45, 2.75) is 18.9 Å². The van der Waals surface area contributed by atoms with Gasteiger partial charge in [0.2, 0.25) is 5.91 Å². The lowest BCUT2D eigenvalue weighted by molar-refractivity contribution is -0.123. The highest BCUT2D eigenvalue weighted by atomic mass is 79.9. The number of amides is 1. The third kappa shape index (κ3) is 3.32. The van der Waals surface area contributed by atoms with E-state index in [-0.39, 0.29) is 12.5 Å². The molecule has 3 nitrogen and oxygen atoms in total. The summed E-state index contributed by atoms with van der Waals surface area (Å²) in [6.45, 7) is 1.69. The summed E-state index contributed by atoms with van der Waals surface area (Å²) in [5, 5.41) is 12.9. The quantitative estimate of drug-likeness (QED) is 0.811. The van der Waals surface area contributed by atoms with E-state index in [0.29, 0.717) is 11.8 Å². The lowest BCUT2D eigenvalue weighted by Gasteiger charge is -2.29. The van der Waals surface area contributed by atoms with Gasteiger partial charge in [-0.2, -0.15) is 0 Å². The molecule has 0 bridgehead atoms. The van der Waals surface area contributed by atoms with Crippen molar-refractivity contribution >= 4 is 21.8 Å². The van der Waals surface area contributed by atoms with E-state index in [1.165, 1.54) is 0 Å². The van der Waals surface area contributed by atoms with E-state index in [1.807, 2.05) is 37.3 Å². The minimum Gasteiger partial charge on any atom is -0.394 e. The Morgan fingerprint density at radius 3 is 2.56 bits per heavy atom. The second-order valence-electron chi connectivity index (χ2n) is 3.84. The molecule has 0 radical (unpaired) electrons. The molecule has 1 atom stereocenters. The molecule has 0 heterocycles. The molecule has 0 aliphatic carbocycles. The number of nitrogens with one attached hydrogen (secondary N) is 1. The van der Waals surface area contributed by atoms with Crippen molar-refractivity contribution in [3.8, 4) is 0 Å². The molecule has 4 heteroatoms. The first-order chi connectivity index (χ1) is 7.62. The molecule has 0 aliphatic heterocycles. The summed E-state index contributed by atoms with van der Waals surface area (Å²) >= 11 is 3.21. The molecule has 0 aromatic heterocycles. The van der Waals surface area contributed by atoms with Gasteiger partial charge in [-0.1, -0.05) is 46.3 Å². The van der Waals surface area contributed by atoms with Crippen LogP contribution in [0.5, 0.6) is 0 Å². The molecule has 88 valence electrons. The third-order valence-corrected chi connectivity index (χ3v) is 2.86. The van der Waals surface area contributed by atoms with Crippen molar-refractivity contribution in [3.05, 3.63) is 35.9 Å². The fourth-order valence-corrected chi connectivity index (χ4v) is 1.83. The minimum absolute atomic E-state index is 0.0720. The third-order valence-electron chi connectivity index (χ3n) is 2.46. The number of benzene rings is 1. The zero-order chi connectivity index (χ0) is 12.0. The number of rotatable bonds is 5. The molecule has 1 amide bonds. The summed E-state index contributed by atoms with van der Waals surface area (Å²) in [5.41, 5.74) is 0.195. The van der Waals surface area contributed by atoms with Crippen LogP contribution in [0.3, 0.4) is 0 Å². The van der Waals surface area contributed by atoms with Crippen LogP contribution in [0.15, 0.2) is 30.3 Å². The summed E-state index contributed by atoms with van der Waals surface area (Å²) in [6.07, 6.45) is 0.405. The monoisotopic (exact) mass is 285 g/mol. The minimum atomic E-state index is -0.708. The molecule has 0 fully saturated rings. The Morgan fingerprint density at radius 1 is 1.44 bits per heavy atom. The van der Waals surface area contributed by atoms with Gasteiger partial charge >= 0.3 is 0 Å². The maximum Gasteiger partial charge on any atom is 0.221 e. The Kier molecular flexibility index (Phi) is 4.96. The van der Waals surface area contributed by atoms with Crippen LogP contribution < -0.4 is 5.32 Å². The van der Waals surface area contributed by atoms with Crippen molar-refractivity contribution < 1.29 is 9.90 Å². The number of aliphatic hydroxyl groups is 1. The summed E-state index contributed by atoms with van der Waals surface area (Å²) in [5.74, 6) is -0.0720. The number of hydrogen-bond acceptors (Lipinski definition) is 2. The molecule has 16 heavy (non-hydrogen) atoms. The molecule has 1 aromatic carbocycles. The second-order valence-corrected chi connectivity index (χ2v) is 4.64. The van der Waals surface area contributed by atoms with Gasteiger partial charge < -0.3 is 10.4 Å². The number of carbonyl (C=O) groups is 1. The highest BCUT2D eigenvalue weighted by molar-refractivity contribution is 9.09. The van der Waals surface area contributed by atoms with E-state index in [2.05, 4.69) is 21.2 Å². The predicted molar refractivity (Wildman–Crippen MR) is 67.4 cm³/mol. The SMILES string of the molecule is CC(CO)(NC(=O)CCBr)c1ccccc1. The van der Waals surface area contributed by atoms with Gasteiger partial charge in [0, 0.05) is 11.8 Å². The summed E-state index contributed by atoms with van der Waals surface area (Å²) < 4.78 is 0. The van der Waals surface area contributed by atoms with Crippen molar-refractivity contribution in [1.29, 1.82) is 0 Å². The van der Waals surface area contributed by atoms with E-state index < -0.39 is 5.54 Å². The number of halogens is 1. The smallest absolute Gasteiger partial charge is 0.221 e. The van der Waals surface area contributed by atoms with Gasteiger partial charge in [0.15, 0.2) is 0 Å². The summed E-state index contributed by atoms with van der Waals surface area (Å²) in [6, 6.07) is 9.47. The number of alkyl halides is 1. The molecule has 1 aromatic rings. The maximum absolute atomic E-state index is 11.5. The molecule has 0 saturated carbocycles. The largest absolute Gasteiger partial charge is 0.394 e. The predicted octanol–water partition coefficient (Wildman–Crippen LogP) is 1.80. The van der Waals surface area contributed by atoms with Gasteiger partial charge in [-0.15, -0.1) is 0 Å². The second kappa shape index (κ2) is 6.01. The van der Waals surface area contributed by atoms with Gasteiger partial charge in [-0.3, -0.25) is 4.79 Å². The van der Waals surface area contributed by atoms with Crippen LogP contribution in [-0.4, -0.2) is 23.0 Å². The van der Waals surface area contributed by atoms with Crippen molar-refractivity contribution in [2.24, 2.45) is 0 Å². The Morgan fingerprint density at radius 2 is 2.06 bits per heavy atom.